The highest BCUT2D eigenvalue weighted by Gasteiger charge is 2.53. The summed E-state index contributed by atoms with van der Waals surface area (Å²) in [5.41, 5.74) is 1.51. The molecule has 2 heteroatoms. The third-order valence-corrected chi connectivity index (χ3v) is 11.3. The molecule has 0 aromatic heterocycles. The quantitative estimate of drug-likeness (QED) is 0.739. The number of carbonyl (C=O) groups excluding carboxylic acids is 1. The fraction of sp³-hybridized carbons (Fsp3) is 0.350. The lowest BCUT2D eigenvalue weighted by Crippen LogP contribution is -2.56. The first-order chi connectivity index (χ1) is 10.6. The van der Waals surface area contributed by atoms with Crippen LogP contribution >= 0.6 is 0 Å². The zero-order chi connectivity index (χ0) is 15.2. The standard InChI is InChI=1S/C20H22OSi/c1-20-14-16(21)8-7-13-22(15-20,17-9-3-2-4-10-17)19-12-6-5-11-18(19)20/h2-6,9-12H,7-8,13-15H2,1H3/t20-,22?/m1/s1. The maximum absolute atomic E-state index is 12.3. The molecule has 4 rings (SSSR count). The van der Waals surface area contributed by atoms with E-state index in [1.54, 1.807) is 10.4 Å². The smallest absolute Gasteiger partial charge is 0.133 e. The molecule has 2 aromatic carbocycles. The second kappa shape index (κ2) is 4.92. The molecule has 0 radical (unpaired) electrons. The van der Waals surface area contributed by atoms with Crippen molar-refractivity contribution in [3.05, 3.63) is 60.2 Å². The number of carbonyl (C=O) groups is 1. The van der Waals surface area contributed by atoms with Crippen LogP contribution in [0.3, 0.4) is 0 Å². The Balaban J connectivity index is 1.96. The summed E-state index contributed by atoms with van der Waals surface area (Å²) in [6, 6.07) is 22.5. The number of rotatable bonds is 1. The molecule has 1 fully saturated rings. The fourth-order valence-corrected chi connectivity index (χ4v) is 10.9. The maximum atomic E-state index is 12.3. The molecular weight excluding hydrogens is 284 g/mol. The van der Waals surface area contributed by atoms with Gasteiger partial charge >= 0.3 is 0 Å². The summed E-state index contributed by atoms with van der Waals surface area (Å²) in [6.45, 7) is 2.33. The van der Waals surface area contributed by atoms with Crippen molar-refractivity contribution >= 4 is 24.2 Å². The van der Waals surface area contributed by atoms with Crippen molar-refractivity contribution in [2.75, 3.05) is 0 Å². The number of benzene rings is 2. The number of fused-ring (bicyclic) bond motifs is 5. The fourth-order valence-electron chi connectivity index (χ4n) is 4.93. The number of hydrogen-bond acceptors (Lipinski definition) is 1. The molecule has 2 aromatic rings. The molecule has 112 valence electrons. The first-order valence-electron chi connectivity index (χ1n) is 8.31. The summed E-state index contributed by atoms with van der Waals surface area (Å²) in [7, 11) is -1.72. The van der Waals surface area contributed by atoms with Gasteiger partial charge in [0.25, 0.3) is 0 Å². The minimum absolute atomic E-state index is 0.0517. The summed E-state index contributed by atoms with van der Waals surface area (Å²) < 4.78 is 0. The van der Waals surface area contributed by atoms with E-state index in [9.17, 15) is 4.79 Å². The highest BCUT2D eigenvalue weighted by molar-refractivity contribution is 7.03. The molecule has 22 heavy (non-hydrogen) atoms. The van der Waals surface area contributed by atoms with Crippen LogP contribution in [0, 0.1) is 0 Å². The topological polar surface area (TPSA) is 17.1 Å². The normalized spacial score (nSPS) is 30.5. The van der Waals surface area contributed by atoms with Gasteiger partial charge in [0.05, 0.1) is 0 Å². The highest BCUT2D eigenvalue weighted by atomic mass is 28.3. The van der Waals surface area contributed by atoms with E-state index in [0.717, 1.165) is 19.3 Å². The summed E-state index contributed by atoms with van der Waals surface area (Å²) in [6.07, 6.45) is 2.56. The predicted octanol–water partition coefficient (Wildman–Crippen LogP) is 3.27. The van der Waals surface area contributed by atoms with Gasteiger partial charge in [0.15, 0.2) is 0 Å². The second-order valence-corrected chi connectivity index (χ2v) is 11.4. The maximum Gasteiger partial charge on any atom is 0.133 e. The Kier molecular flexibility index (Phi) is 3.12. The average Bonchev–Trinajstić information content (AvgIpc) is 2.79. The highest BCUT2D eigenvalue weighted by Crippen LogP contribution is 2.45. The van der Waals surface area contributed by atoms with Gasteiger partial charge in [-0.3, -0.25) is 4.79 Å². The Labute approximate surface area is 133 Å². The predicted molar refractivity (Wildman–Crippen MR) is 93.7 cm³/mol. The molecule has 2 heterocycles. The summed E-state index contributed by atoms with van der Waals surface area (Å²) >= 11 is 0. The van der Waals surface area contributed by atoms with E-state index < -0.39 is 8.07 Å². The molecule has 2 aliphatic rings. The molecule has 1 unspecified atom stereocenters. The van der Waals surface area contributed by atoms with Crippen molar-refractivity contribution in [2.24, 2.45) is 0 Å². The van der Waals surface area contributed by atoms with E-state index in [1.165, 1.54) is 17.7 Å². The van der Waals surface area contributed by atoms with Gasteiger partial charge in [-0.05, 0) is 29.5 Å². The second-order valence-electron chi connectivity index (χ2n) is 7.30. The van der Waals surface area contributed by atoms with Gasteiger partial charge in [0.1, 0.15) is 13.9 Å². The first kappa shape index (κ1) is 14.0. The number of ketones is 1. The van der Waals surface area contributed by atoms with Crippen LogP contribution in [-0.4, -0.2) is 13.9 Å². The number of Topliss-reactive ketones (excluding diaryl/α,β-unsaturated/α-hetero) is 1. The van der Waals surface area contributed by atoms with E-state index in [-0.39, 0.29) is 5.41 Å². The molecule has 1 nitrogen and oxygen atoms in total. The Morgan fingerprint density at radius 2 is 1.73 bits per heavy atom. The lowest BCUT2D eigenvalue weighted by atomic mass is 9.79. The van der Waals surface area contributed by atoms with Crippen LogP contribution in [0.5, 0.6) is 0 Å². The van der Waals surface area contributed by atoms with E-state index in [0.29, 0.717) is 5.78 Å². The lowest BCUT2D eigenvalue weighted by Gasteiger charge is -2.33. The average molecular weight is 306 g/mol. The summed E-state index contributed by atoms with van der Waals surface area (Å²) in [5.74, 6) is 0.454. The Morgan fingerprint density at radius 1 is 1.00 bits per heavy atom. The molecule has 2 aliphatic heterocycles. The lowest BCUT2D eigenvalue weighted by molar-refractivity contribution is -0.120. The molecule has 2 bridgehead atoms. The SMILES string of the molecule is C[C@@]12CC(=O)CCC[Si](c3ccccc3)(C1)c1ccccc12. The van der Waals surface area contributed by atoms with Gasteiger partial charge in [0.2, 0.25) is 0 Å². The van der Waals surface area contributed by atoms with Gasteiger partial charge < -0.3 is 0 Å². The molecule has 0 N–H and O–H groups in total. The molecule has 2 atom stereocenters. The summed E-state index contributed by atoms with van der Waals surface area (Å²) in [4.78, 5) is 12.3. The van der Waals surface area contributed by atoms with Crippen LogP contribution in [-0.2, 0) is 10.2 Å². The van der Waals surface area contributed by atoms with Gasteiger partial charge in [-0.25, -0.2) is 0 Å². The minimum Gasteiger partial charge on any atom is -0.300 e. The third kappa shape index (κ3) is 1.93. The molecule has 1 saturated heterocycles. The van der Waals surface area contributed by atoms with Gasteiger partial charge in [-0.1, -0.05) is 71.9 Å². The first-order valence-corrected chi connectivity index (χ1v) is 10.7. The largest absolute Gasteiger partial charge is 0.300 e. The van der Waals surface area contributed by atoms with Crippen LogP contribution in [0.4, 0.5) is 0 Å². The van der Waals surface area contributed by atoms with E-state index in [4.69, 9.17) is 0 Å². The van der Waals surface area contributed by atoms with Gasteiger partial charge in [0, 0.05) is 12.8 Å². The van der Waals surface area contributed by atoms with Crippen LogP contribution in [0.1, 0.15) is 31.7 Å². The molecule has 0 spiro atoms. The number of hydrogen-bond donors (Lipinski definition) is 0. The van der Waals surface area contributed by atoms with E-state index in [1.807, 2.05) is 0 Å². The zero-order valence-corrected chi connectivity index (χ0v) is 14.1. The van der Waals surface area contributed by atoms with Crippen molar-refractivity contribution < 1.29 is 4.79 Å². The molecule has 0 aliphatic carbocycles. The van der Waals surface area contributed by atoms with E-state index >= 15 is 0 Å². The third-order valence-electron chi connectivity index (χ3n) is 5.76. The van der Waals surface area contributed by atoms with E-state index in [2.05, 4.69) is 61.5 Å². The van der Waals surface area contributed by atoms with Gasteiger partial charge in [-0.15, -0.1) is 0 Å². The molecular formula is C20H22OSi. The minimum atomic E-state index is -1.72. The van der Waals surface area contributed by atoms with Crippen LogP contribution in [0.15, 0.2) is 54.6 Å². The monoisotopic (exact) mass is 306 g/mol. The van der Waals surface area contributed by atoms with Crippen LogP contribution in [0.25, 0.3) is 0 Å². The Hall–Kier alpha value is -1.67. The van der Waals surface area contributed by atoms with Crippen LogP contribution in [0.2, 0.25) is 12.1 Å². The molecule has 0 saturated carbocycles. The summed E-state index contributed by atoms with van der Waals surface area (Å²) in [5, 5.41) is 3.15. The van der Waals surface area contributed by atoms with Gasteiger partial charge in [-0.2, -0.15) is 0 Å². The molecule has 0 amide bonds. The Bertz CT molecular complexity index is 723. The van der Waals surface area contributed by atoms with Crippen molar-refractivity contribution in [3.8, 4) is 0 Å². The van der Waals surface area contributed by atoms with Crippen LogP contribution < -0.4 is 10.4 Å². The zero-order valence-electron chi connectivity index (χ0n) is 13.1. The van der Waals surface area contributed by atoms with Crippen molar-refractivity contribution in [1.82, 2.24) is 0 Å². The van der Waals surface area contributed by atoms with Crippen molar-refractivity contribution in [3.63, 3.8) is 0 Å². The Morgan fingerprint density at radius 3 is 2.55 bits per heavy atom. The van der Waals surface area contributed by atoms with Crippen molar-refractivity contribution in [1.29, 1.82) is 0 Å². The van der Waals surface area contributed by atoms with Crippen molar-refractivity contribution in [2.45, 2.75) is 43.7 Å².